The van der Waals surface area contributed by atoms with Crippen molar-refractivity contribution in [3.05, 3.63) is 17.7 Å². The van der Waals surface area contributed by atoms with E-state index in [2.05, 4.69) is 43.6 Å². The lowest BCUT2D eigenvalue weighted by molar-refractivity contribution is 0.804. The zero-order valence-electron chi connectivity index (χ0n) is 9.76. The van der Waals surface area contributed by atoms with Crippen molar-refractivity contribution in [2.75, 3.05) is 0 Å². The van der Waals surface area contributed by atoms with Gasteiger partial charge in [0.2, 0.25) is 0 Å². The summed E-state index contributed by atoms with van der Waals surface area (Å²) >= 11 is 0. The van der Waals surface area contributed by atoms with Crippen molar-refractivity contribution in [3.8, 4) is 0 Å². The number of rotatable bonds is 2. The van der Waals surface area contributed by atoms with Crippen molar-refractivity contribution >= 4 is 0 Å². The van der Waals surface area contributed by atoms with Crippen LogP contribution < -0.4 is 0 Å². The lowest BCUT2D eigenvalue weighted by Crippen LogP contribution is -1.93. The largest absolute Gasteiger partial charge is 0.338 e. The number of aromatic nitrogens is 2. The summed E-state index contributed by atoms with van der Waals surface area (Å²) in [7, 11) is 2.05. The van der Waals surface area contributed by atoms with Gasteiger partial charge in [-0.25, -0.2) is 4.98 Å². The van der Waals surface area contributed by atoms with Crippen LogP contribution in [0.5, 0.6) is 0 Å². The van der Waals surface area contributed by atoms with Gasteiger partial charge in [-0.15, -0.1) is 0 Å². The van der Waals surface area contributed by atoms with Gasteiger partial charge in [-0.2, -0.15) is 0 Å². The molecule has 0 amide bonds. The molecular formula is C11H22N2. The van der Waals surface area contributed by atoms with Crippen LogP contribution in [0.1, 0.15) is 52.1 Å². The van der Waals surface area contributed by atoms with Gasteiger partial charge < -0.3 is 4.57 Å². The molecule has 1 aromatic rings. The fourth-order valence-electron chi connectivity index (χ4n) is 1.14. The average molecular weight is 182 g/mol. The monoisotopic (exact) mass is 182 g/mol. The molecular weight excluding hydrogens is 160 g/mol. The van der Waals surface area contributed by atoms with Crippen LogP contribution in [0.15, 0.2) is 6.20 Å². The molecule has 76 valence electrons. The first-order valence-corrected chi connectivity index (χ1v) is 5.17. The molecule has 0 spiro atoms. The Labute approximate surface area is 82.0 Å². The quantitative estimate of drug-likeness (QED) is 0.687. The third-order valence-electron chi connectivity index (χ3n) is 1.90. The molecule has 0 bridgehead atoms. The van der Waals surface area contributed by atoms with E-state index >= 15 is 0 Å². The van der Waals surface area contributed by atoms with Crippen LogP contribution in [-0.4, -0.2) is 9.55 Å². The third-order valence-corrected chi connectivity index (χ3v) is 1.90. The predicted molar refractivity (Wildman–Crippen MR) is 58.0 cm³/mol. The molecule has 0 saturated heterocycles. The number of hydrogen-bond donors (Lipinski definition) is 0. The summed E-state index contributed by atoms with van der Waals surface area (Å²) in [4.78, 5) is 4.49. The van der Waals surface area contributed by atoms with Crippen LogP contribution >= 0.6 is 0 Å². The van der Waals surface area contributed by atoms with Crippen molar-refractivity contribution < 1.29 is 0 Å². The molecule has 2 heteroatoms. The van der Waals surface area contributed by atoms with Crippen LogP contribution in [0.2, 0.25) is 0 Å². The zero-order valence-corrected chi connectivity index (χ0v) is 9.76. The molecule has 0 unspecified atom stereocenters. The first-order valence-electron chi connectivity index (χ1n) is 5.17. The highest BCUT2D eigenvalue weighted by Gasteiger charge is 2.05. The van der Waals surface area contributed by atoms with Gasteiger partial charge >= 0.3 is 0 Å². The van der Waals surface area contributed by atoms with E-state index in [-0.39, 0.29) is 0 Å². The Kier molecular flexibility index (Phi) is 5.44. The molecule has 0 radical (unpaired) electrons. The van der Waals surface area contributed by atoms with Crippen LogP contribution in [0.25, 0.3) is 0 Å². The molecule has 0 aliphatic carbocycles. The van der Waals surface area contributed by atoms with E-state index in [9.17, 15) is 0 Å². The Morgan fingerprint density at radius 1 is 1.38 bits per heavy atom. The second kappa shape index (κ2) is 5.79. The van der Waals surface area contributed by atoms with Gasteiger partial charge in [0.1, 0.15) is 5.82 Å². The van der Waals surface area contributed by atoms with Gasteiger partial charge in [0.15, 0.2) is 0 Å². The summed E-state index contributed by atoms with van der Waals surface area (Å²) in [6.45, 7) is 10.5. The Morgan fingerprint density at radius 2 is 1.92 bits per heavy atom. The molecule has 2 nitrogen and oxygen atoms in total. The lowest BCUT2D eigenvalue weighted by Gasteiger charge is -1.95. The topological polar surface area (TPSA) is 17.8 Å². The molecule has 0 atom stereocenters. The number of nitrogens with zero attached hydrogens (tertiary/aromatic N) is 2. The summed E-state index contributed by atoms with van der Waals surface area (Å²) in [6, 6.07) is 0. The van der Waals surface area contributed by atoms with E-state index in [1.807, 2.05) is 13.8 Å². The predicted octanol–water partition coefficient (Wildman–Crippen LogP) is 3.13. The van der Waals surface area contributed by atoms with Crippen LogP contribution in [0.3, 0.4) is 0 Å². The first kappa shape index (κ1) is 12.2. The molecule has 0 fully saturated rings. The van der Waals surface area contributed by atoms with E-state index in [0.29, 0.717) is 5.92 Å². The smallest absolute Gasteiger partial charge is 0.108 e. The molecule has 1 aromatic heterocycles. The molecule has 0 aliphatic rings. The third kappa shape index (κ3) is 3.21. The molecule has 1 heterocycles. The summed E-state index contributed by atoms with van der Waals surface area (Å²) < 4.78 is 2.11. The molecule has 1 rings (SSSR count). The number of aryl methyl sites for hydroxylation is 2. The highest BCUT2D eigenvalue weighted by molar-refractivity contribution is 5.07. The Hall–Kier alpha value is -0.790. The van der Waals surface area contributed by atoms with Gasteiger partial charge in [0, 0.05) is 19.7 Å². The van der Waals surface area contributed by atoms with E-state index < -0.39 is 0 Å². The maximum Gasteiger partial charge on any atom is 0.108 e. The standard InChI is InChI=1S/C9H16N2.C2H6/c1-5-9-10-8(7(2)3)6-11(9)4;1-2/h6-7H,5H2,1-4H3;1-2H3. The first-order chi connectivity index (χ1) is 6.15. The Balaban J connectivity index is 0.000000671. The average Bonchev–Trinajstić information content (AvgIpc) is 2.50. The van der Waals surface area contributed by atoms with Crippen molar-refractivity contribution in [2.45, 2.75) is 47.0 Å². The zero-order chi connectivity index (χ0) is 10.4. The van der Waals surface area contributed by atoms with Gasteiger partial charge in [-0.3, -0.25) is 0 Å². The highest BCUT2D eigenvalue weighted by atomic mass is 15.0. The minimum Gasteiger partial charge on any atom is -0.338 e. The van der Waals surface area contributed by atoms with Crippen molar-refractivity contribution in [1.29, 1.82) is 0 Å². The second-order valence-electron chi connectivity index (χ2n) is 3.20. The summed E-state index contributed by atoms with van der Waals surface area (Å²) in [6.07, 6.45) is 3.13. The maximum absolute atomic E-state index is 4.49. The highest BCUT2D eigenvalue weighted by Crippen LogP contribution is 2.12. The molecule has 0 N–H and O–H groups in total. The van der Waals surface area contributed by atoms with Crippen molar-refractivity contribution in [1.82, 2.24) is 9.55 Å². The minimum absolute atomic E-state index is 0.543. The van der Waals surface area contributed by atoms with Gasteiger partial charge in [0.25, 0.3) is 0 Å². The van der Waals surface area contributed by atoms with E-state index in [4.69, 9.17) is 0 Å². The van der Waals surface area contributed by atoms with Gasteiger partial charge in [0.05, 0.1) is 5.69 Å². The molecule has 0 saturated carbocycles. The fraction of sp³-hybridized carbons (Fsp3) is 0.727. The normalized spacial score (nSPS) is 9.77. The van der Waals surface area contributed by atoms with E-state index in [0.717, 1.165) is 6.42 Å². The lowest BCUT2D eigenvalue weighted by atomic mass is 10.2. The maximum atomic E-state index is 4.49. The van der Waals surface area contributed by atoms with E-state index in [1.54, 1.807) is 0 Å². The molecule has 13 heavy (non-hydrogen) atoms. The molecule has 0 aromatic carbocycles. The SMILES string of the molecule is CC.CCc1nc(C(C)C)cn1C. The Bertz CT molecular complexity index is 236. The van der Waals surface area contributed by atoms with Crippen molar-refractivity contribution in [3.63, 3.8) is 0 Å². The second-order valence-corrected chi connectivity index (χ2v) is 3.20. The Morgan fingerprint density at radius 3 is 2.15 bits per heavy atom. The van der Waals surface area contributed by atoms with Crippen molar-refractivity contribution in [2.24, 2.45) is 7.05 Å². The number of imidazole rings is 1. The minimum atomic E-state index is 0.543. The van der Waals surface area contributed by atoms with Gasteiger partial charge in [-0.05, 0) is 5.92 Å². The van der Waals surface area contributed by atoms with Gasteiger partial charge in [-0.1, -0.05) is 34.6 Å². The van der Waals surface area contributed by atoms with Crippen LogP contribution in [0, 0.1) is 0 Å². The van der Waals surface area contributed by atoms with E-state index in [1.165, 1.54) is 11.5 Å². The molecule has 0 aliphatic heterocycles. The van der Waals surface area contributed by atoms with Crippen LogP contribution in [0.4, 0.5) is 0 Å². The van der Waals surface area contributed by atoms with Crippen LogP contribution in [-0.2, 0) is 13.5 Å². The fourth-order valence-corrected chi connectivity index (χ4v) is 1.14. The summed E-state index contributed by atoms with van der Waals surface area (Å²) in [5, 5.41) is 0. The number of hydrogen-bond acceptors (Lipinski definition) is 1. The summed E-state index contributed by atoms with van der Waals surface area (Å²) in [5.74, 6) is 1.72. The summed E-state index contributed by atoms with van der Waals surface area (Å²) in [5.41, 5.74) is 1.20.